The van der Waals surface area contributed by atoms with Crippen molar-refractivity contribution >= 4 is 18.6 Å². The third kappa shape index (κ3) is 7.14. The number of carbonyl (C=O) groups excluding carboxylic acids is 1. The molecule has 84 valence electrons. The lowest BCUT2D eigenvalue weighted by atomic mass is 10.5. The summed E-state index contributed by atoms with van der Waals surface area (Å²) in [5, 5.41) is 16.9. The maximum Gasteiger partial charge on any atom is 0.345 e. The SMILES string of the molecule is O=C(OCCCO)C(S)OCCCO. The molecule has 0 aromatic heterocycles. The highest BCUT2D eigenvalue weighted by Crippen LogP contribution is 2.01. The van der Waals surface area contributed by atoms with Crippen molar-refractivity contribution < 1.29 is 24.5 Å². The molecule has 2 N–H and O–H groups in total. The van der Waals surface area contributed by atoms with Gasteiger partial charge in [0.2, 0.25) is 0 Å². The van der Waals surface area contributed by atoms with E-state index >= 15 is 0 Å². The maximum absolute atomic E-state index is 11.0. The first kappa shape index (κ1) is 13.7. The van der Waals surface area contributed by atoms with Crippen LogP contribution in [0.2, 0.25) is 0 Å². The first-order valence-electron chi connectivity index (χ1n) is 4.40. The molecule has 6 heteroatoms. The van der Waals surface area contributed by atoms with Gasteiger partial charge in [-0.05, 0) is 6.42 Å². The predicted octanol–water partition coefficient (Wildman–Crippen LogP) is -0.433. The lowest BCUT2D eigenvalue weighted by molar-refractivity contribution is -0.151. The highest BCUT2D eigenvalue weighted by atomic mass is 32.1. The zero-order valence-corrected chi connectivity index (χ0v) is 8.78. The zero-order valence-electron chi connectivity index (χ0n) is 7.89. The van der Waals surface area contributed by atoms with E-state index in [9.17, 15) is 4.79 Å². The molecule has 14 heavy (non-hydrogen) atoms. The summed E-state index contributed by atoms with van der Waals surface area (Å²) in [6, 6.07) is 0. The molecule has 0 radical (unpaired) electrons. The molecule has 0 saturated carbocycles. The second-order valence-electron chi connectivity index (χ2n) is 2.54. The first-order chi connectivity index (χ1) is 6.72. The topological polar surface area (TPSA) is 76.0 Å². The number of thiol groups is 1. The van der Waals surface area contributed by atoms with Crippen LogP contribution in [0.25, 0.3) is 0 Å². The van der Waals surface area contributed by atoms with E-state index in [4.69, 9.17) is 19.7 Å². The Hall–Kier alpha value is -0.300. The van der Waals surface area contributed by atoms with Gasteiger partial charge in [-0.1, -0.05) is 0 Å². The Morgan fingerprint density at radius 2 is 1.79 bits per heavy atom. The fourth-order valence-electron chi connectivity index (χ4n) is 0.636. The molecule has 0 aromatic carbocycles. The van der Waals surface area contributed by atoms with Crippen LogP contribution >= 0.6 is 12.6 Å². The number of aliphatic hydroxyl groups excluding tert-OH is 2. The van der Waals surface area contributed by atoms with E-state index in [1.807, 2.05) is 0 Å². The number of hydrogen-bond donors (Lipinski definition) is 3. The average Bonchev–Trinajstić information content (AvgIpc) is 2.18. The van der Waals surface area contributed by atoms with Crippen LogP contribution in [-0.2, 0) is 14.3 Å². The summed E-state index contributed by atoms with van der Waals surface area (Å²) in [6.07, 6.45) is 0.865. The van der Waals surface area contributed by atoms with Gasteiger partial charge in [0.1, 0.15) is 0 Å². The molecule has 0 aliphatic rings. The predicted molar refractivity (Wildman–Crippen MR) is 53.1 cm³/mol. The Bertz CT molecular complexity index is 153. The fourth-order valence-corrected chi connectivity index (χ4v) is 0.816. The molecule has 0 aromatic rings. The number of ether oxygens (including phenoxy) is 2. The second-order valence-corrected chi connectivity index (χ2v) is 3.01. The van der Waals surface area contributed by atoms with Gasteiger partial charge in [-0.15, -0.1) is 12.6 Å². The highest BCUT2D eigenvalue weighted by molar-refractivity contribution is 7.81. The second kappa shape index (κ2) is 9.26. The van der Waals surface area contributed by atoms with E-state index in [2.05, 4.69) is 12.6 Å². The van der Waals surface area contributed by atoms with Gasteiger partial charge in [-0.2, -0.15) is 0 Å². The van der Waals surface area contributed by atoms with Crippen LogP contribution in [0, 0.1) is 0 Å². The Balaban J connectivity index is 3.44. The minimum atomic E-state index is -0.916. The molecular formula is C8H16O5S. The van der Waals surface area contributed by atoms with Crippen molar-refractivity contribution in [3.05, 3.63) is 0 Å². The minimum Gasteiger partial charge on any atom is -0.463 e. The standard InChI is InChI=1S/C8H16O5S/c9-3-1-5-12-7(11)8(14)13-6-2-4-10/h8-10,14H,1-6H2. The molecule has 5 nitrogen and oxygen atoms in total. The van der Waals surface area contributed by atoms with Gasteiger partial charge in [0.15, 0.2) is 5.44 Å². The molecule has 0 bridgehead atoms. The molecule has 0 aliphatic heterocycles. The number of hydrogen-bond acceptors (Lipinski definition) is 6. The van der Waals surface area contributed by atoms with Gasteiger partial charge in [0, 0.05) is 19.6 Å². The van der Waals surface area contributed by atoms with Gasteiger partial charge in [0.05, 0.1) is 13.2 Å². The largest absolute Gasteiger partial charge is 0.463 e. The third-order valence-electron chi connectivity index (χ3n) is 1.33. The van der Waals surface area contributed by atoms with Crippen LogP contribution in [-0.4, -0.2) is 48.0 Å². The Kier molecular flexibility index (Phi) is 9.06. The van der Waals surface area contributed by atoms with Crippen molar-refractivity contribution in [2.24, 2.45) is 0 Å². The summed E-state index contributed by atoms with van der Waals surface area (Å²) < 4.78 is 9.65. The normalized spacial score (nSPS) is 12.5. The summed E-state index contributed by atoms with van der Waals surface area (Å²) in [7, 11) is 0. The van der Waals surface area contributed by atoms with Crippen LogP contribution in [0.4, 0.5) is 0 Å². The summed E-state index contributed by atoms with van der Waals surface area (Å²) >= 11 is 3.86. The molecule has 0 aliphatic carbocycles. The summed E-state index contributed by atoms with van der Waals surface area (Å²) in [6.45, 7) is 0.422. The van der Waals surface area contributed by atoms with Crippen LogP contribution in [0.15, 0.2) is 0 Å². The van der Waals surface area contributed by atoms with Crippen LogP contribution < -0.4 is 0 Å². The molecule has 0 saturated heterocycles. The number of carbonyl (C=O) groups is 1. The lowest BCUT2D eigenvalue weighted by Crippen LogP contribution is -2.22. The number of rotatable bonds is 8. The smallest absolute Gasteiger partial charge is 0.345 e. The van der Waals surface area contributed by atoms with Crippen LogP contribution in [0.5, 0.6) is 0 Å². The fraction of sp³-hybridized carbons (Fsp3) is 0.875. The van der Waals surface area contributed by atoms with Gasteiger partial charge < -0.3 is 19.7 Å². The van der Waals surface area contributed by atoms with Gasteiger partial charge >= 0.3 is 5.97 Å². The van der Waals surface area contributed by atoms with E-state index < -0.39 is 11.4 Å². The monoisotopic (exact) mass is 224 g/mol. The van der Waals surface area contributed by atoms with E-state index in [-0.39, 0.29) is 26.4 Å². The Morgan fingerprint density at radius 3 is 2.36 bits per heavy atom. The quantitative estimate of drug-likeness (QED) is 0.226. The van der Waals surface area contributed by atoms with Crippen molar-refractivity contribution in [3.63, 3.8) is 0 Å². The molecule has 0 fully saturated rings. The van der Waals surface area contributed by atoms with E-state index in [1.54, 1.807) is 0 Å². The Labute approximate surface area is 88.4 Å². The molecule has 0 amide bonds. The summed E-state index contributed by atoms with van der Waals surface area (Å²) in [4.78, 5) is 11.0. The van der Waals surface area contributed by atoms with Crippen molar-refractivity contribution in [1.29, 1.82) is 0 Å². The molecule has 1 atom stereocenters. The van der Waals surface area contributed by atoms with Crippen molar-refractivity contribution in [3.8, 4) is 0 Å². The van der Waals surface area contributed by atoms with Crippen LogP contribution in [0.3, 0.4) is 0 Å². The maximum atomic E-state index is 11.0. The van der Waals surface area contributed by atoms with E-state index in [0.29, 0.717) is 12.8 Å². The molecule has 0 spiro atoms. The minimum absolute atomic E-state index is 0.0139. The van der Waals surface area contributed by atoms with Crippen molar-refractivity contribution in [2.75, 3.05) is 26.4 Å². The third-order valence-corrected chi connectivity index (χ3v) is 1.69. The first-order valence-corrected chi connectivity index (χ1v) is 4.92. The molecule has 1 unspecified atom stereocenters. The zero-order chi connectivity index (χ0) is 10.8. The van der Waals surface area contributed by atoms with E-state index in [0.717, 1.165) is 0 Å². The van der Waals surface area contributed by atoms with Crippen molar-refractivity contribution in [2.45, 2.75) is 18.3 Å². The van der Waals surface area contributed by atoms with E-state index in [1.165, 1.54) is 0 Å². The molecule has 0 heterocycles. The molecular weight excluding hydrogens is 208 g/mol. The van der Waals surface area contributed by atoms with Gasteiger partial charge in [0.25, 0.3) is 0 Å². The number of esters is 1. The lowest BCUT2D eigenvalue weighted by Gasteiger charge is -2.10. The Morgan fingerprint density at radius 1 is 1.21 bits per heavy atom. The summed E-state index contributed by atoms with van der Waals surface area (Å²) in [5.74, 6) is -0.570. The average molecular weight is 224 g/mol. The number of aliphatic hydroxyl groups is 2. The van der Waals surface area contributed by atoms with Crippen molar-refractivity contribution in [1.82, 2.24) is 0 Å². The summed E-state index contributed by atoms with van der Waals surface area (Å²) in [5.41, 5.74) is -0.916. The van der Waals surface area contributed by atoms with Gasteiger partial charge in [-0.25, -0.2) is 4.79 Å². The molecule has 0 rings (SSSR count). The van der Waals surface area contributed by atoms with Crippen LogP contribution in [0.1, 0.15) is 12.8 Å². The van der Waals surface area contributed by atoms with Gasteiger partial charge in [-0.3, -0.25) is 0 Å². The highest BCUT2D eigenvalue weighted by Gasteiger charge is 2.15.